The molecular formula is C19H22N2O3. The van der Waals surface area contributed by atoms with Crippen molar-refractivity contribution in [2.75, 3.05) is 11.9 Å². The maximum Gasteiger partial charge on any atom is 0.255 e. The number of para-hydroxylation sites is 2. The summed E-state index contributed by atoms with van der Waals surface area (Å²) in [5.74, 6) is 0.379. The molecule has 0 saturated carbocycles. The van der Waals surface area contributed by atoms with Crippen LogP contribution in [0.25, 0.3) is 0 Å². The normalized spacial score (nSPS) is 10.1. The molecule has 0 aromatic heterocycles. The molecule has 0 fully saturated rings. The van der Waals surface area contributed by atoms with Gasteiger partial charge in [-0.05, 0) is 36.2 Å². The van der Waals surface area contributed by atoms with E-state index in [1.807, 2.05) is 43.3 Å². The van der Waals surface area contributed by atoms with Crippen molar-refractivity contribution in [3.05, 3.63) is 59.7 Å². The molecule has 2 aromatic carbocycles. The molecule has 0 heterocycles. The van der Waals surface area contributed by atoms with Crippen LogP contribution in [0.3, 0.4) is 0 Å². The second kappa shape index (κ2) is 8.72. The number of nitrogens with one attached hydrogen (secondary N) is 2. The molecule has 0 aliphatic carbocycles. The van der Waals surface area contributed by atoms with Gasteiger partial charge in [-0.15, -0.1) is 0 Å². The van der Waals surface area contributed by atoms with Crippen LogP contribution in [0.5, 0.6) is 5.75 Å². The second-order valence-electron chi connectivity index (χ2n) is 5.41. The zero-order chi connectivity index (χ0) is 17.4. The Balaban J connectivity index is 2.03. The third-order valence-corrected chi connectivity index (χ3v) is 3.35. The van der Waals surface area contributed by atoms with Gasteiger partial charge in [-0.25, -0.2) is 0 Å². The van der Waals surface area contributed by atoms with Gasteiger partial charge in [0.05, 0.1) is 12.3 Å². The van der Waals surface area contributed by atoms with Crippen LogP contribution in [0.4, 0.5) is 5.69 Å². The number of hydrogen-bond donors (Lipinski definition) is 2. The van der Waals surface area contributed by atoms with Crippen LogP contribution >= 0.6 is 0 Å². The van der Waals surface area contributed by atoms with Crippen LogP contribution in [0.15, 0.2) is 48.5 Å². The molecule has 0 aliphatic rings. The minimum atomic E-state index is -0.200. The molecule has 2 amide bonds. The molecular weight excluding hydrogens is 304 g/mol. The summed E-state index contributed by atoms with van der Waals surface area (Å²) in [5, 5.41) is 5.59. The molecule has 0 aliphatic heterocycles. The monoisotopic (exact) mass is 326 g/mol. The van der Waals surface area contributed by atoms with E-state index in [0.717, 1.165) is 12.0 Å². The Kier molecular flexibility index (Phi) is 6.37. The van der Waals surface area contributed by atoms with Gasteiger partial charge in [0.15, 0.2) is 0 Å². The molecule has 24 heavy (non-hydrogen) atoms. The molecule has 0 saturated heterocycles. The highest BCUT2D eigenvalue weighted by atomic mass is 16.5. The largest absolute Gasteiger partial charge is 0.491 e. The van der Waals surface area contributed by atoms with Gasteiger partial charge in [0, 0.05) is 19.0 Å². The lowest BCUT2D eigenvalue weighted by atomic mass is 10.1. The summed E-state index contributed by atoms with van der Waals surface area (Å²) in [7, 11) is 0. The van der Waals surface area contributed by atoms with E-state index in [4.69, 9.17) is 4.74 Å². The zero-order valence-electron chi connectivity index (χ0n) is 14.0. The van der Waals surface area contributed by atoms with Crippen molar-refractivity contribution in [3.8, 4) is 5.75 Å². The quantitative estimate of drug-likeness (QED) is 0.820. The van der Waals surface area contributed by atoms with Crippen LogP contribution in [0.1, 0.15) is 36.2 Å². The Morgan fingerprint density at radius 1 is 1.04 bits per heavy atom. The second-order valence-corrected chi connectivity index (χ2v) is 5.41. The fourth-order valence-corrected chi connectivity index (χ4v) is 2.10. The predicted octanol–water partition coefficient (Wildman–Crippen LogP) is 3.36. The molecule has 0 atom stereocenters. The van der Waals surface area contributed by atoms with Crippen LogP contribution in [0, 0.1) is 0 Å². The Morgan fingerprint density at radius 3 is 2.42 bits per heavy atom. The van der Waals surface area contributed by atoms with Crippen molar-refractivity contribution in [2.45, 2.75) is 26.8 Å². The zero-order valence-corrected chi connectivity index (χ0v) is 14.0. The van der Waals surface area contributed by atoms with Crippen LogP contribution < -0.4 is 15.4 Å². The minimum absolute atomic E-state index is 0.0829. The van der Waals surface area contributed by atoms with Gasteiger partial charge in [-0.3, -0.25) is 9.59 Å². The summed E-state index contributed by atoms with van der Waals surface area (Å²) in [6, 6.07) is 14.5. The highest BCUT2D eigenvalue weighted by Gasteiger charge is 2.09. The highest BCUT2D eigenvalue weighted by molar-refractivity contribution is 6.05. The number of benzene rings is 2. The van der Waals surface area contributed by atoms with Crippen molar-refractivity contribution in [1.29, 1.82) is 0 Å². The molecule has 0 bridgehead atoms. The molecule has 0 unspecified atom stereocenters. The predicted molar refractivity (Wildman–Crippen MR) is 94.1 cm³/mol. The summed E-state index contributed by atoms with van der Waals surface area (Å²) < 4.78 is 5.64. The van der Waals surface area contributed by atoms with Crippen LogP contribution in [-0.2, 0) is 11.3 Å². The molecule has 126 valence electrons. The van der Waals surface area contributed by atoms with Gasteiger partial charge < -0.3 is 15.4 Å². The Morgan fingerprint density at radius 2 is 1.75 bits per heavy atom. The van der Waals surface area contributed by atoms with E-state index >= 15 is 0 Å². The highest BCUT2D eigenvalue weighted by Crippen LogP contribution is 2.24. The molecule has 2 N–H and O–H groups in total. The summed E-state index contributed by atoms with van der Waals surface area (Å²) >= 11 is 0. The molecule has 0 spiro atoms. The number of hydrogen-bond acceptors (Lipinski definition) is 3. The molecule has 5 nitrogen and oxygen atoms in total. The topological polar surface area (TPSA) is 67.4 Å². The lowest BCUT2D eigenvalue weighted by molar-refractivity contribution is -0.119. The van der Waals surface area contributed by atoms with Gasteiger partial charge in [0.1, 0.15) is 5.75 Å². The van der Waals surface area contributed by atoms with Crippen LogP contribution in [0.2, 0.25) is 0 Å². The average Bonchev–Trinajstić information content (AvgIpc) is 2.59. The molecule has 2 rings (SSSR count). The minimum Gasteiger partial charge on any atom is -0.491 e. The first-order valence-electron chi connectivity index (χ1n) is 7.96. The van der Waals surface area contributed by atoms with Crippen LogP contribution in [-0.4, -0.2) is 18.4 Å². The third-order valence-electron chi connectivity index (χ3n) is 3.35. The molecule has 5 heteroatoms. The van der Waals surface area contributed by atoms with Gasteiger partial charge in [0.25, 0.3) is 5.91 Å². The van der Waals surface area contributed by atoms with E-state index in [1.165, 1.54) is 6.92 Å². The first-order valence-corrected chi connectivity index (χ1v) is 7.96. The number of carbonyl (C=O) groups excluding carboxylic acids is 2. The maximum absolute atomic E-state index is 12.4. The standard InChI is InChI=1S/C19H22N2O3/c1-3-12-24-18-7-5-4-6-17(18)21-19(23)16-10-8-15(9-11-16)13-20-14(2)22/h4-11H,3,12-13H2,1-2H3,(H,20,22)(H,21,23). The number of carbonyl (C=O) groups is 2. The Hall–Kier alpha value is -2.82. The molecule has 2 aromatic rings. The first kappa shape index (κ1) is 17.5. The summed E-state index contributed by atoms with van der Waals surface area (Å²) in [4.78, 5) is 23.3. The van der Waals surface area contributed by atoms with Crippen molar-refractivity contribution in [2.24, 2.45) is 0 Å². The fourth-order valence-electron chi connectivity index (χ4n) is 2.10. The number of rotatable bonds is 7. The van der Waals surface area contributed by atoms with Gasteiger partial charge >= 0.3 is 0 Å². The van der Waals surface area contributed by atoms with E-state index < -0.39 is 0 Å². The van der Waals surface area contributed by atoms with Gasteiger partial charge in [0.2, 0.25) is 5.91 Å². The fraction of sp³-hybridized carbons (Fsp3) is 0.263. The van der Waals surface area contributed by atoms with E-state index in [9.17, 15) is 9.59 Å². The number of ether oxygens (including phenoxy) is 1. The van der Waals surface area contributed by atoms with Crippen molar-refractivity contribution in [1.82, 2.24) is 5.32 Å². The number of anilines is 1. The van der Waals surface area contributed by atoms with E-state index in [-0.39, 0.29) is 11.8 Å². The smallest absolute Gasteiger partial charge is 0.255 e. The van der Waals surface area contributed by atoms with Crippen molar-refractivity contribution < 1.29 is 14.3 Å². The Labute approximate surface area is 142 Å². The lowest BCUT2D eigenvalue weighted by Gasteiger charge is -2.12. The summed E-state index contributed by atoms with van der Waals surface area (Å²) in [6.45, 7) is 4.55. The SMILES string of the molecule is CCCOc1ccccc1NC(=O)c1ccc(CNC(C)=O)cc1. The average molecular weight is 326 g/mol. The first-order chi connectivity index (χ1) is 11.6. The number of amides is 2. The van der Waals surface area contributed by atoms with Gasteiger partial charge in [-0.2, -0.15) is 0 Å². The van der Waals surface area contributed by atoms with E-state index in [1.54, 1.807) is 12.1 Å². The Bertz CT molecular complexity index is 696. The third kappa shape index (κ3) is 5.12. The maximum atomic E-state index is 12.4. The summed E-state index contributed by atoms with van der Waals surface area (Å²) in [6.07, 6.45) is 0.901. The summed E-state index contributed by atoms with van der Waals surface area (Å²) in [5.41, 5.74) is 2.14. The van der Waals surface area contributed by atoms with Crippen molar-refractivity contribution >= 4 is 17.5 Å². The molecule has 0 radical (unpaired) electrons. The van der Waals surface area contributed by atoms with Crippen molar-refractivity contribution in [3.63, 3.8) is 0 Å². The van der Waals surface area contributed by atoms with E-state index in [0.29, 0.717) is 30.2 Å². The van der Waals surface area contributed by atoms with E-state index in [2.05, 4.69) is 10.6 Å². The lowest BCUT2D eigenvalue weighted by Crippen LogP contribution is -2.19. The van der Waals surface area contributed by atoms with Gasteiger partial charge in [-0.1, -0.05) is 31.2 Å².